The van der Waals surface area contributed by atoms with E-state index < -0.39 is 6.04 Å². The van der Waals surface area contributed by atoms with Crippen molar-refractivity contribution in [3.05, 3.63) is 29.9 Å². The van der Waals surface area contributed by atoms with Crippen LogP contribution in [0.2, 0.25) is 0 Å². The zero-order valence-electron chi connectivity index (χ0n) is 13.6. The second kappa shape index (κ2) is 5.47. The van der Waals surface area contributed by atoms with Crippen molar-refractivity contribution in [1.82, 2.24) is 20.3 Å². The summed E-state index contributed by atoms with van der Waals surface area (Å²) in [6.45, 7) is 1.96. The SMILES string of the molecule is C[C@@H]1C[C@H](NC(=O)c2cc(C3CC3)on2)C(=O)N1c1cnn(C)c1. The molecule has 2 aromatic heterocycles. The molecule has 2 aromatic rings. The van der Waals surface area contributed by atoms with E-state index in [-0.39, 0.29) is 23.6 Å². The lowest BCUT2D eigenvalue weighted by Gasteiger charge is -2.19. The number of aryl methyl sites for hydroxylation is 1. The summed E-state index contributed by atoms with van der Waals surface area (Å²) in [5, 5.41) is 10.7. The lowest BCUT2D eigenvalue weighted by atomic mass is 10.2. The fourth-order valence-electron chi connectivity index (χ4n) is 3.16. The zero-order chi connectivity index (χ0) is 16.8. The van der Waals surface area contributed by atoms with Gasteiger partial charge in [-0.05, 0) is 26.2 Å². The Morgan fingerprint density at radius 2 is 2.21 bits per heavy atom. The maximum Gasteiger partial charge on any atom is 0.274 e. The molecule has 0 aromatic carbocycles. The van der Waals surface area contributed by atoms with Gasteiger partial charge in [-0.25, -0.2) is 0 Å². The van der Waals surface area contributed by atoms with Gasteiger partial charge in [0, 0.05) is 31.3 Å². The Bertz CT molecular complexity index is 791. The first kappa shape index (κ1) is 14.9. The Hall–Kier alpha value is -2.64. The van der Waals surface area contributed by atoms with E-state index in [1.165, 1.54) is 0 Å². The van der Waals surface area contributed by atoms with Crippen molar-refractivity contribution < 1.29 is 14.1 Å². The van der Waals surface area contributed by atoms with Crippen LogP contribution >= 0.6 is 0 Å². The summed E-state index contributed by atoms with van der Waals surface area (Å²) >= 11 is 0. The summed E-state index contributed by atoms with van der Waals surface area (Å²) < 4.78 is 6.85. The minimum absolute atomic E-state index is 0.00802. The highest BCUT2D eigenvalue weighted by Gasteiger charge is 2.40. The molecule has 2 amide bonds. The Balaban J connectivity index is 1.46. The summed E-state index contributed by atoms with van der Waals surface area (Å²) in [5.41, 5.74) is 0.974. The summed E-state index contributed by atoms with van der Waals surface area (Å²) in [7, 11) is 1.80. The normalized spacial score (nSPS) is 23.8. The molecule has 0 spiro atoms. The second-order valence-corrected chi connectivity index (χ2v) is 6.58. The van der Waals surface area contributed by atoms with Crippen LogP contribution in [0.4, 0.5) is 5.69 Å². The standard InChI is InChI=1S/C16H19N5O3/c1-9-5-13(16(23)21(9)11-7-17-20(2)8-11)18-15(22)12-6-14(24-19-12)10-3-4-10/h6-10,13H,3-5H2,1-2H3,(H,18,22)/t9-,13+/m1/s1. The van der Waals surface area contributed by atoms with E-state index in [9.17, 15) is 9.59 Å². The molecule has 2 atom stereocenters. The monoisotopic (exact) mass is 329 g/mol. The fraction of sp³-hybridized carbons (Fsp3) is 0.500. The Labute approximate surface area is 138 Å². The van der Waals surface area contributed by atoms with Gasteiger partial charge in [-0.1, -0.05) is 5.16 Å². The molecule has 8 nitrogen and oxygen atoms in total. The predicted molar refractivity (Wildman–Crippen MR) is 84.5 cm³/mol. The van der Waals surface area contributed by atoms with Crippen LogP contribution in [0.5, 0.6) is 0 Å². The van der Waals surface area contributed by atoms with Crippen LogP contribution in [0.3, 0.4) is 0 Å². The molecule has 0 radical (unpaired) electrons. The van der Waals surface area contributed by atoms with Crippen molar-refractivity contribution in [2.24, 2.45) is 7.05 Å². The van der Waals surface area contributed by atoms with Crippen molar-refractivity contribution in [1.29, 1.82) is 0 Å². The highest BCUT2D eigenvalue weighted by atomic mass is 16.5. The zero-order valence-corrected chi connectivity index (χ0v) is 13.6. The van der Waals surface area contributed by atoms with Crippen molar-refractivity contribution in [3.63, 3.8) is 0 Å². The molecule has 0 unspecified atom stereocenters. The lowest BCUT2D eigenvalue weighted by Crippen LogP contribution is -2.42. The predicted octanol–water partition coefficient (Wildman–Crippen LogP) is 1.21. The Kier molecular flexibility index (Phi) is 3.40. The molecule has 8 heteroatoms. The third-order valence-electron chi connectivity index (χ3n) is 4.57. The van der Waals surface area contributed by atoms with Crippen LogP contribution in [-0.4, -0.2) is 38.8 Å². The van der Waals surface area contributed by atoms with Crippen LogP contribution in [0.25, 0.3) is 0 Å². The molecule has 126 valence electrons. The van der Waals surface area contributed by atoms with Gasteiger partial charge in [0.15, 0.2) is 5.69 Å². The molecule has 1 saturated heterocycles. The van der Waals surface area contributed by atoms with E-state index >= 15 is 0 Å². The summed E-state index contributed by atoms with van der Waals surface area (Å²) in [6.07, 6.45) is 6.15. The minimum atomic E-state index is -0.561. The minimum Gasteiger partial charge on any atom is -0.360 e. The van der Waals surface area contributed by atoms with Crippen LogP contribution in [0, 0.1) is 0 Å². The van der Waals surface area contributed by atoms with Crippen LogP contribution in [-0.2, 0) is 11.8 Å². The highest BCUT2D eigenvalue weighted by Crippen LogP contribution is 2.40. The fourth-order valence-corrected chi connectivity index (χ4v) is 3.16. The van der Waals surface area contributed by atoms with Gasteiger partial charge < -0.3 is 14.7 Å². The van der Waals surface area contributed by atoms with Crippen molar-refractivity contribution >= 4 is 17.5 Å². The average Bonchev–Trinajstić information content (AvgIpc) is 2.99. The number of carbonyl (C=O) groups excluding carboxylic acids is 2. The first-order valence-corrected chi connectivity index (χ1v) is 8.12. The first-order valence-electron chi connectivity index (χ1n) is 8.12. The molecular formula is C16H19N5O3. The third-order valence-corrected chi connectivity index (χ3v) is 4.57. The number of anilines is 1. The topological polar surface area (TPSA) is 93.3 Å². The number of amides is 2. The van der Waals surface area contributed by atoms with E-state index in [2.05, 4.69) is 15.6 Å². The summed E-state index contributed by atoms with van der Waals surface area (Å²) in [4.78, 5) is 26.7. The van der Waals surface area contributed by atoms with Crippen LogP contribution in [0.1, 0.15) is 48.4 Å². The molecule has 4 rings (SSSR count). The molecule has 2 aliphatic rings. The van der Waals surface area contributed by atoms with E-state index in [4.69, 9.17) is 4.52 Å². The van der Waals surface area contributed by atoms with E-state index in [0.717, 1.165) is 24.3 Å². The largest absolute Gasteiger partial charge is 0.360 e. The quantitative estimate of drug-likeness (QED) is 0.910. The van der Waals surface area contributed by atoms with Gasteiger partial charge in [0.05, 0.1) is 11.9 Å². The Morgan fingerprint density at radius 1 is 1.42 bits per heavy atom. The number of rotatable bonds is 4. The summed E-state index contributed by atoms with van der Waals surface area (Å²) in [6, 6.07) is 1.11. The number of carbonyl (C=O) groups is 2. The molecule has 2 fully saturated rings. The molecule has 24 heavy (non-hydrogen) atoms. The average molecular weight is 329 g/mol. The lowest BCUT2D eigenvalue weighted by molar-refractivity contribution is -0.118. The van der Waals surface area contributed by atoms with Crippen molar-refractivity contribution in [2.75, 3.05) is 4.90 Å². The van der Waals surface area contributed by atoms with E-state index in [0.29, 0.717) is 12.3 Å². The molecule has 1 aliphatic carbocycles. The number of hydrogen-bond acceptors (Lipinski definition) is 5. The van der Waals surface area contributed by atoms with Gasteiger partial charge in [0.25, 0.3) is 5.91 Å². The van der Waals surface area contributed by atoms with Gasteiger partial charge in [-0.15, -0.1) is 0 Å². The first-order chi connectivity index (χ1) is 11.5. The molecule has 1 aliphatic heterocycles. The van der Waals surface area contributed by atoms with E-state index in [1.54, 1.807) is 35.1 Å². The van der Waals surface area contributed by atoms with Gasteiger partial charge in [-0.2, -0.15) is 5.10 Å². The number of aromatic nitrogens is 3. The van der Waals surface area contributed by atoms with E-state index in [1.807, 2.05) is 6.92 Å². The van der Waals surface area contributed by atoms with Gasteiger partial charge in [0.1, 0.15) is 11.8 Å². The molecular weight excluding hydrogens is 310 g/mol. The van der Waals surface area contributed by atoms with Crippen molar-refractivity contribution in [2.45, 2.75) is 44.2 Å². The van der Waals surface area contributed by atoms with Crippen molar-refractivity contribution in [3.8, 4) is 0 Å². The second-order valence-electron chi connectivity index (χ2n) is 6.58. The van der Waals surface area contributed by atoms with Crippen LogP contribution < -0.4 is 10.2 Å². The maximum absolute atomic E-state index is 12.6. The number of hydrogen-bond donors (Lipinski definition) is 1. The Morgan fingerprint density at radius 3 is 2.88 bits per heavy atom. The highest BCUT2D eigenvalue weighted by molar-refractivity contribution is 6.03. The maximum atomic E-state index is 12.6. The van der Waals surface area contributed by atoms with Gasteiger partial charge in [0.2, 0.25) is 5.91 Å². The molecule has 1 saturated carbocycles. The number of nitrogens with zero attached hydrogens (tertiary/aromatic N) is 4. The smallest absolute Gasteiger partial charge is 0.274 e. The number of nitrogens with one attached hydrogen (secondary N) is 1. The molecule has 3 heterocycles. The van der Waals surface area contributed by atoms with Gasteiger partial charge >= 0.3 is 0 Å². The molecule has 0 bridgehead atoms. The van der Waals surface area contributed by atoms with Gasteiger partial charge in [-0.3, -0.25) is 14.3 Å². The summed E-state index contributed by atoms with van der Waals surface area (Å²) in [5.74, 6) is 0.649. The third kappa shape index (κ3) is 2.57. The molecule has 1 N–H and O–H groups in total. The van der Waals surface area contributed by atoms with Crippen LogP contribution in [0.15, 0.2) is 23.0 Å².